The normalized spacial score (nSPS) is 15.2. The average Bonchev–Trinajstić information content (AvgIpc) is 2.61. The highest BCUT2D eigenvalue weighted by atomic mass is 127. The second-order valence-corrected chi connectivity index (χ2v) is 6.84. The van der Waals surface area contributed by atoms with Crippen LogP contribution < -0.4 is 11.3 Å². The van der Waals surface area contributed by atoms with Gasteiger partial charge in [-0.1, -0.05) is 26.7 Å². The molecule has 0 saturated heterocycles. The van der Waals surface area contributed by atoms with Crippen molar-refractivity contribution in [2.24, 2.45) is 11.8 Å². The molecule has 1 rings (SSSR count). The van der Waals surface area contributed by atoms with Crippen molar-refractivity contribution in [3.05, 3.63) is 19.9 Å². The van der Waals surface area contributed by atoms with Crippen LogP contribution >= 0.6 is 33.9 Å². The summed E-state index contributed by atoms with van der Waals surface area (Å²) in [6.07, 6.45) is 3.65. The van der Waals surface area contributed by atoms with E-state index in [2.05, 4.69) is 53.3 Å². The van der Waals surface area contributed by atoms with E-state index in [0.717, 1.165) is 12.3 Å². The molecule has 3 N–H and O–H groups in total. The number of nitrogens with two attached hydrogens (primary N) is 1. The predicted molar refractivity (Wildman–Crippen MR) is 75.8 cm³/mol. The maximum atomic E-state index is 5.61. The second-order valence-electron chi connectivity index (χ2n) is 4.03. The largest absolute Gasteiger partial charge is 0.271 e. The zero-order valence-electron chi connectivity index (χ0n) is 9.29. The van der Waals surface area contributed by atoms with Crippen LogP contribution in [0.2, 0.25) is 0 Å². The Morgan fingerprint density at radius 3 is 2.80 bits per heavy atom. The third-order valence-electron chi connectivity index (χ3n) is 2.61. The van der Waals surface area contributed by atoms with Crippen molar-refractivity contribution in [3.8, 4) is 0 Å². The van der Waals surface area contributed by atoms with Gasteiger partial charge in [-0.3, -0.25) is 11.3 Å². The molecule has 0 bridgehead atoms. The summed E-state index contributed by atoms with van der Waals surface area (Å²) in [7, 11) is 0. The zero-order chi connectivity index (χ0) is 11.3. The second kappa shape index (κ2) is 6.83. The first-order valence-corrected chi connectivity index (χ1v) is 7.33. The van der Waals surface area contributed by atoms with Gasteiger partial charge in [0.1, 0.15) is 0 Å². The number of hydrogen-bond donors (Lipinski definition) is 2. The first-order valence-electron chi connectivity index (χ1n) is 5.37. The fraction of sp³-hybridized carbons (Fsp3) is 0.636. The lowest BCUT2D eigenvalue weighted by Crippen LogP contribution is -2.29. The minimum Gasteiger partial charge on any atom is -0.271 e. The molecule has 2 atom stereocenters. The Labute approximate surface area is 110 Å². The number of thiophene rings is 1. The molecule has 0 fully saturated rings. The Kier molecular flexibility index (Phi) is 6.11. The third-order valence-corrected chi connectivity index (χ3v) is 4.42. The molecule has 0 aliphatic carbocycles. The van der Waals surface area contributed by atoms with Gasteiger partial charge in [0.2, 0.25) is 0 Å². The lowest BCUT2D eigenvalue weighted by atomic mass is 9.95. The maximum absolute atomic E-state index is 5.61. The highest BCUT2D eigenvalue weighted by Gasteiger charge is 2.14. The van der Waals surface area contributed by atoms with E-state index in [0.29, 0.717) is 6.04 Å². The maximum Gasteiger partial charge on any atom is 0.0656 e. The third kappa shape index (κ3) is 4.38. The van der Waals surface area contributed by atoms with Gasteiger partial charge in [-0.25, -0.2) is 0 Å². The van der Waals surface area contributed by atoms with Crippen LogP contribution in [0, 0.1) is 8.80 Å². The number of rotatable bonds is 6. The van der Waals surface area contributed by atoms with Gasteiger partial charge >= 0.3 is 0 Å². The summed E-state index contributed by atoms with van der Waals surface area (Å²) in [5, 5.41) is 2.20. The molecule has 2 unspecified atom stereocenters. The van der Waals surface area contributed by atoms with Crippen LogP contribution in [-0.2, 0) is 0 Å². The van der Waals surface area contributed by atoms with Crippen molar-refractivity contribution in [2.45, 2.75) is 39.2 Å². The standard InChI is InChI=1S/C11H19IN2S/c1-3-4-8(2)5-10(14-13)9-6-11(12)15-7-9/h6-8,10,14H,3-5,13H2,1-2H3. The quantitative estimate of drug-likeness (QED) is 0.472. The van der Waals surface area contributed by atoms with Crippen LogP contribution in [0.4, 0.5) is 0 Å². The average molecular weight is 338 g/mol. The molecule has 1 aromatic rings. The molecule has 4 heteroatoms. The Bertz CT molecular complexity index is 288. The van der Waals surface area contributed by atoms with Gasteiger partial charge in [-0.2, -0.15) is 0 Å². The minimum absolute atomic E-state index is 0.311. The van der Waals surface area contributed by atoms with Gasteiger partial charge in [0.05, 0.1) is 2.88 Å². The predicted octanol–water partition coefficient (Wildman–Crippen LogP) is 3.68. The van der Waals surface area contributed by atoms with Crippen molar-refractivity contribution in [3.63, 3.8) is 0 Å². The number of hydrazine groups is 1. The van der Waals surface area contributed by atoms with Gasteiger partial charge in [0.15, 0.2) is 0 Å². The van der Waals surface area contributed by atoms with Crippen molar-refractivity contribution in [2.75, 3.05) is 0 Å². The molecule has 0 radical (unpaired) electrons. The van der Waals surface area contributed by atoms with Crippen molar-refractivity contribution in [1.82, 2.24) is 5.43 Å². The molecule has 1 aromatic heterocycles. The first kappa shape index (κ1) is 13.4. The molecule has 86 valence electrons. The fourth-order valence-corrected chi connectivity index (χ4v) is 3.25. The number of nitrogens with one attached hydrogen (secondary N) is 1. The monoisotopic (exact) mass is 338 g/mol. The van der Waals surface area contributed by atoms with E-state index >= 15 is 0 Å². The molecule has 0 aromatic carbocycles. The van der Waals surface area contributed by atoms with Crippen molar-refractivity contribution in [1.29, 1.82) is 0 Å². The van der Waals surface area contributed by atoms with E-state index in [-0.39, 0.29) is 0 Å². The molecule has 0 amide bonds. The van der Waals surface area contributed by atoms with Crippen LogP contribution in [0.3, 0.4) is 0 Å². The van der Waals surface area contributed by atoms with E-state index in [4.69, 9.17) is 5.84 Å². The topological polar surface area (TPSA) is 38.0 Å². The first-order chi connectivity index (χ1) is 7.17. The highest BCUT2D eigenvalue weighted by Crippen LogP contribution is 2.27. The SMILES string of the molecule is CCCC(C)CC(NN)c1csc(I)c1. The summed E-state index contributed by atoms with van der Waals surface area (Å²) < 4.78 is 1.32. The molecule has 2 nitrogen and oxygen atoms in total. The van der Waals surface area contributed by atoms with E-state index < -0.39 is 0 Å². The van der Waals surface area contributed by atoms with Crippen molar-refractivity contribution < 1.29 is 0 Å². The molecule has 0 spiro atoms. The van der Waals surface area contributed by atoms with Crippen LogP contribution in [0.15, 0.2) is 11.4 Å². The summed E-state index contributed by atoms with van der Waals surface area (Å²) in [6, 6.07) is 2.53. The molecule has 1 heterocycles. The summed E-state index contributed by atoms with van der Waals surface area (Å²) in [6.45, 7) is 4.53. The lowest BCUT2D eigenvalue weighted by molar-refractivity contribution is 0.395. The van der Waals surface area contributed by atoms with Crippen LogP contribution in [0.1, 0.15) is 44.7 Å². The van der Waals surface area contributed by atoms with E-state index in [1.165, 1.54) is 21.3 Å². The molecular weight excluding hydrogens is 319 g/mol. The molecule has 0 aliphatic rings. The van der Waals surface area contributed by atoms with E-state index in [1.54, 1.807) is 11.3 Å². The van der Waals surface area contributed by atoms with Crippen LogP contribution in [0.25, 0.3) is 0 Å². The molecular formula is C11H19IN2S. The van der Waals surface area contributed by atoms with Gasteiger partial charge in [0.25, 0.3) is 0 Å². The van der Waals surface area contributed by atoms with Gasteiger partial charge in [0, 0.05) is 6.04 Å². The summed E-state index contributed by atoms with van der Waals surface area (Å²) in [5.74, 6) is 6.34. The molecule has 0 saturated carbocycles. The smallest absolute Gasteiger partial charge is 0.0656 e. The van der Waals surface area contributed by atoms with Crippen LogP contribution in [0.5, 0.6) is 0 Å². The minimum atomic E-state index is 0.311. The lowest BCUT2D eigenvalue weighted by Gasteiger charge is -2.19. The van der Waals surface area contributed by atoms with Gasteiger partial charge in [-0.05, 0) is 51.9 Å². The number of halogens is 1. The Hall–Kier alpha value is 0.350. The Morgan fingerprint density at radius 2 is 2.33 bits per heavy atom. The summed E-state index contributed by atoms with van der Waals surface area (Å²) >= 11 is 4.13. The summed E-state index contributed by atoms with van der Waals surface area (Å²) in [4.78, 5) is 0. The zero-order valence-corrected chi connectivity index (χ0v) is 12.3. The van der Waals surface area contributed by atoms with Crippen molar-refractivity contribution >= 4 is 33.9 Å². The molecule has 0 aliphatic heterocycles. The summed E-state index contributed by atoms with van der Waals surface area (Å²) in [5.41, 5.74) is 4.25. The van der Waals surface area contributed by atoms with Gasteiger partial charge in [-0.15, -0.1) is 11.3 Å². The Balaban J connectivity index is 2.56. The Morgan fingerprint density at radius 1 is 1.60 bits per heavy atom. The van der Waals surface area contributed by atoms with E-state index in [9.17, 15) is 0 Å². The number of hydrogen-bond acceptors (Lipinski definition) is 3. The van der Waals surface area contributed by atoms with E-state index in [1.807, 2.05) is 0 Å². The van der Waals surface area contributed by atoms with Crippen LogP contribution in [-0.4, -0.2) is 0 Å². The van der Waals surface area contributed by atoms with Gasteiger partial charge < -0.3 is 0 Å². The highest BCUT2D eigenvalue weighted by molar-refractivity contribution is 14.1. The molecule has 15 heavy (non-hydrogen) atoms. The fourth-order valence-electron chi connectivity index (χ4n) is 1.82.